The number of amides is 1. The van der Waals surface area contributed by atoms with Gasteiger partial charge in [-0.25, -0.2) is 0 Å². The number of aryl methyl sites for hydroxylation is 2. The van der Waals surface area contributed by atoms with E-state index in [1.807, 2.05) is 49.6 Å². The topological polar surface area (TPSA) is 59.8 Å². The number of thioether (sulfide) groups is 1. The fourth-order valence-electron chi connectivity index (χ4n) is 2.20. The van der Waals surface area contributed by atoms with Crippen molar-refractivity contribution in [3.63, 3.8) is 0 Å². The summed E-state index contributed by atoms with van der Waals surface area (Å²) in [7, 11) is 0. The zero-order valence-corrected chi connectivity index (χ0v) is 14.6. The lowest BCUT2D eigenvalue weighted by Gasteiger charge is -2.10. The minimum absolute atomic E-state index is 0.0464. The summed E-state index contributed by atoms with van der Waals surface area (Å²) < 4.78 is 1.99. The molecule has 0 spiro atoms. The van der Waals surface area contributed by atoms with E-state index in [-0.39, 0.29) is 5.91 Å². The van der Waals surface area contributed by atoms with Crippen LogP contribution in [-0.4, -0.2) is 26.4 Å². The van der Waals surface area contributed by atoms with Gasteiger partial charge in [-0.05, 0) is 31.0 Å². The molecule has 0 atom stereocenters. The summed E-state index contributed by atoms with van der Waals surface area (Å²) in [6.45, 7) is 10.5. The lowest BCUT2D eigenvalue weighted by atomic mass is 10.1. The van der Waals surface area contributed by atoms with Crippen LogP contribution in [-0.2, 0) is 17.8 Å². The van der Waals surface area contributed by atoms with Crippen LogP contribution in [0.25, 0.3) is 0 Å². The molecular formula is C17H22N4OS. The summed E-state index contributed by atoms with van der Waals surface area (Å²) in [5.41, 5.74) is 3.11. The minimum Gasteiger partial charge on any atom is -0.325 e. The lowest BCUT2D eigenvalue weighted by Crippen LogP contribution is -2.15. The van der Waals surface area contributed by atoms with Gasteiger partial charge in [0.2, 0.25) is 5.91 Å². The summed E-state index contributed by atoms with van der Waals surface area (Å²) in [6, 6.07) is 5.89. The first kappa shape index (κ1) is 17.3. The van der Waals surface area contributed by atoms with E-state index in [4.69, 9.17) is 0 Å². The number of anilines is 1. The third-order valence-corrected chi connectivity index (χ3v) is 4.60. The van der Waals surface area contributed by atoms with Crippen LogP contribution in [0.5, 0.6) is 0 Å². The Labute approximate surface area is 141 Å². The molecule has 6 heteroatoms. The molecule has 1 amide bonds. The Morgan fingerprint density at radius 3 is 2.87 bits per heavy atom. The predicted octanol–water partition coefficient (Wildman–Crippen LogP) is 3.37. The molecule has 1 aromatic heterocycles. The SMILES string of the molecule is C=CCn1c(CC)nnc1SCC(=O)Nc1cccc(C)c1C. The summed E-state index contributed by atoms with van der Waals surface area (Å²) in [5, 5.41) is 12.0. The van der Waals surface area contributed by atoms with Crippen molar-refractivity contribution in [3.8, 4) is 0 Å². The van der Waals surface area contributed by atoms with Crippen LogP contribution >= 0.6 is 11.8 Å². The average Bonchev–Trinajstić information content (AvgIpc) is 2.92. The van der Waals surface area contributed by atoms with Crippen molar-refractivity contribution in [2.75, 3.05) is 11.1 Å². The fraction of sp³-hybridized carbons (Fsp3) is 0.353. The van der Waals surface area contributed by atoms with Crippen molar-refractivity contribution in [1.82, 2.24) is 14.8 Å². The van der Waals surface area contributed by atoms with E-state index < -0.39 is 0 Å². The Balaban J connectivity index is 2.01. The van der Waals surface area contributed by atoms with E-state index in [9.17, 15) is 4.79 Å². The number of nitrogens with one attached hydrogen (secondary N) is 1. The Morgan fingerprint density at radius 2 is 2.17 bits per heavy atom. The summed E-state index contributed by atoms with van der Waals surface area (Å²) in [5.74, 6) is 1.16. The maximum Gasteiger partial charge on any atom is 0.234 e. The molecule has 2 rings (SSSR count). The zero-order valence-electron chi connectivity index (χ0n) is 13.8. The van der Waals surface area contributed by atoms with E-state index in [0.29, 0.717) is 12.3 Å². The summed E-state index contributed by atoms with van der Waals surface area (Å²) >= 11 is 1.39. The van der Waals surface area contributed by atoms with E-state index in [1.54, 1.807) is 0 Å². The highest BCUT2D eigenvalue weighted by atomic mass is 32.2. The van der Waals surface area contributed by atoms with Gasteiger partial charge in [-0.1, -0.05) is 36.9 Å². The van der Waals surface area contributed by atoms with E-state index in [1.165, 1.54) is 11.8 Å². The first-order valence-corrected chi connectivity index (χ1v) is 8.57. The third kappa shape index (κ3) is 4.22. The molecule has 5 nitrogen and oxygen atoms in total. The van der Waals surface area contributed by atoms with Gasteiger partial charge >= 0.3 is 0 Å². The van der Waals surface area contributed by atoms with Crippen molar-refractivity contribution in [2.45, 2.75) is 38.9 Å². The van der Waals surface area contributed by atoms with Crippen molar-refractivity contribution >= 4 is 23.4 Å². The van der Waals surface area contributed by atoms with Gasteiger partial charge in [-0.15, -0.1) is 16.8 Å². The van der Waals surface area contributed by atoms with Gasteiger partial charge in [-0.2, -0.15) is 0 Å². The second-order valence-electron chi connectivity index (χ2n) is 5.24. The van der Waals surface area contributed by atoms with Crippen molar-refractivity contribution in [1.29, 1.82) is 0 Å². The maximum atomic E-state index is 12.2. The Kier molecular flexibility index (Phi) is 5.98. The monoisotopic (exact) mass is 330 g/mol. The highest BCUT2D eigenvalue weighted by Gasteiger charge is 2.13. The standard InChI is InChI=1S/C17H22N4OS/c1-5-10-21-15(6-2)19-20-17(21)23-11-16(22)18-14-9-7-8-12(3)13(14)4/h5,7-9H,1,6,10-11H2,2-4H3,(H,18,22). The van der Waals surface area contributed by atoms with Crippen molar-refractivity contribution in [2.24, 2.45) is 0 Å². The number of aromatic nitrogens is 3. The van der Waals surface area contributed by atoms with Crippen LogP contribution in [0.15, 0.2) is 36.0 Å². The lowest BCUT2D eigenvalue weighted by molar-refractivity contribution is -0.113. The number of allylic oxidation sites excluding steroid dienone is 1. The second kappa shape index (κ2) is 7.97. The molecule has 0 saturated heterocycles. The Morgan fingerprint density at radius 1 is 1.39 bits per heavy atom. The number of carbonyl (C=O) groups excluding carboxylic acids is 1. The van der Waals surface area contributed by atoms with Gasteiger partial charge in [0, 0.05) is 18.7 Å². The smallest absolute Gasteiger partial charge is 0.234 e. The average molecular weight is 330 g/mol. The molecule has 1 aromatic carbocycles. The van der Waals surface area contributed by atoms with Crippen LogP contribution in [0.3, 0.4) is 0 Å². The normalized spacial score (nSPS) is 10.6. The van der Waals surface area contributed by atoms with Gasteiger partial charge in [0.1, 0.15) is 5.82 Å². The van der Waals surface area contributed by atoms with Crippen LogP contribution in [0.2, 0.25) is 0 Å². The zero-order chi connectivity index (χ0) is 16.8. The predicted molar refractivity (Wildman–Crippen MR) is 94.9 cm³/mol. The van der Waals surface area contributed by atoms with Gasteiger partial charge in [0.05, 0.1) is 5.75 Å². The molecule has 0 aliphatic carbocycles. The van der Waals surface area contributed by atoms with E-state index >= 15 is 0 Å². The molecule has 0 aliphatic heterocycles. The molecule has 0 radical (unpaired) electrons. The maximum absolute atomic E-state index is 12.2. The third-order valence-electron chi connectivity index (χ3n) is 3.63. The van der Waals surface area contributed by atoms with E-state index in [2.05, 4.69) is 22.1 Å². The first-order valence-electron chi connectivity index (χ1n) is 7.58. The van der Waals surface area contributed by atoms with Crippen molar-refractivity contribution < 1.29 is 4.79 Å². The summed E-state index contributed by atoms with van der Waals surface area (Å²) in [4.78, 5) is 12.2. The number of hydrogen-bond acceptors (Lipinski definition) is 4. The van der Waals surface area contributed by atoms with Crippen LogP contribution in [0, 0.1) is 13.8 Å². The molecule has 2 aromatic rings. The van der Waals surface area contributed by atoms with Crippen LogP contribution in [0.4, 0.5) is 5.69 Å². The van der Waals surface area contributed by atoms with Crippen LogP contribution in [0.1, 0.15) is 23.9 Å². The Hall–Kier alpha value is -2.08. The van der Waals surface area contributed by atoms with Crippen molar-refractivity contribution in [3.05, 3.63) is 47.8 Å². The molecule has 0 bridgehead atoms. The van der Waals surface area contributed by atoms with Gasteiger partial charge < -0.3 is 9.88 Å². The number of benzene rings is 1. The first-order chi connectivity index (χ1) is 11.1. The second-order valence-corrected chi connectivity index (χ2v) is 6.18. The quantitative estimate of drug-likeness (QED) is 0.624. The number of nitrogens with zero attached hydrogens (tertiary/aromatic N) is 3. The molecule has 122 valence electrons. The van der Waals surface area contributed by atoms with Gasteiger partial charge in [-0.3, -0.25) is 4.79 Å². The van der Waals surface area contributed by atoms with E-state index in [0.717, 1.165) is 34.2 Å². The largest absolute Gasteiger partial charge is 0.325 e. The molecule has 0 saturated carbocycles. The van der Waals surface area contributed by atoms with Gasteiger partial charge in [0.25, 0.3) is 0 Å². The van der Waals surface area contributed by atoms with Crippen LogP contribution < -0.4 is 5.32 Å². The molecule has 0 aliphatic rings. The fourth-order valence-corrected chi connectivity index (χ4v) is 2.97. The molecule has 1 heterocycles. The number of rotatable bonds is 7. The summed E-state index contributed by atoms with van der Waals surface area (Å²) in [6.07, 6.45) is 2.61. The molecule has 1 N–H and O–H groups in total. The molecule has 0 unspecified atom stereocenters. The number of hydrogen-bond donors (Lipinski definition) is 1. The Bertz CT molecular complexity index is 709. The van der Waals surface area contributed by atoms with Gasteiger partial charge in [0.15, 0.2) is 5.16 Å². The molecular weight excluding hydrogens is 308 g/mol. The highest BCUT2D eigenvalue weighted by molar-refractivity contribution is 7.99. The molecule has 0 fully saturated rings. The molecule has 23 heavy (non-hydrogen) atoms. The number of carbonyl (C=O) groups is 1. The minimum atomic E-state index is -0.0464. The highest BCUT2D eigenvalue weighted by Crippen LogP contribution is 2.20.